The molecule has 5 nitrogen and oxygen atoms in total. The second-order valence-electron chi connectivity index (χ2n) is 5.79. The number of amides is 2. The molecule has 1 saturated heterocycles. The van der Waals surface area contributed by atoms with E-state index in [9.17, 15) is 9.90 Å². The van der Waals surface area contributed by atoms with E-state index in [0.717, 1.165) is 24.5 Å². The van der Waals surface area contributed by atoms with Crippen molar-refractivity contribution in [2.75, 3.05) is 36.4 Å². The number of anilines is 2. The molecule has 1 fully saturated rings. The van der Waals surface area contributed by atoms with Gasteiger partial charge in [-0.1, -0.05) is 23.8 Å². The van der Waals surface area contributed by atoms with Gasteiger partial charge in [-0.15, -0.1) is 0 Å². The molecule has 0 atom stereocenters. The van der Waals surface area contributed by atoms with Crippen molar-refractivity contribution in [2.45, 2.75) is 6.92 Å². The predicted octanol–water partition coefficient (Wildman–Crippen LogP) is 3.05. The SMILES string of the molecule is Cc1ccc(NC(=O)N2CCN(c3cccc(O)c3)CC2)cc1. The average Bonchev–Trinajstić information content (AvgIpc) is 2.57. The van der Waals surface area contributed by atoms with E-state index < -0.39 is 0 Å². The van der Waals surface area contributed by atoms with E-state index in [1.807, 2.05) is 48.2 Å². The molecule has 2 N–H and O–H groups in total. The second kappa shape index (κ2) is 6.60. The number of hydrogen-bond acceptors (Lipinski definition) is 3. The number of aryl methyl sites for hydroxylation is 1. The average molecular weight is 311 g/mol. The molecule has 1 aliphatic rings. The number of piperazine rings is 1. The third-order valence-corrected chi connectivity index (χ3v) is 4.06. The topological polar surface area (TPSA) is 55.8 Å². The highest BCUT2D eigenvalue weighted by Crippen LogP contribution is 2.21. The van der Waals surface area contributed by atoms with Crippen molar-refractivity contribution in [2.24, 2.45) is 0 Å². The molecule has 3 rings (SSSR count). The zero-order chi connectivity index (χ0) is 16.2. The third kappa shape index (κ3) is 3.74. The summed E-state index contributed by atoms with van der Waals surface area (Å²) in [6, 6.07) is 14.9. The number of carbonyl (C=O) groups is 1. The minimum Gasteiger partial charge on any atom is -0.508 e. The van der Waals surface area contributed by atoms with Gasteiger partial charge < -0.3 is 20.2 Å². The molecule has 0 aliphatic carbocycles. The van der Waals surface area contributed by atoms with Crippen LogP contribution in [-0.2, 0) is 0 Å². The Kier molecular flexibility index (Phi) is 4.37. The van der Waals surface area contributed by atoms with Gasteiger partial charge in [0, 0.05) is 43.6 Å². The van der Waals surface area contributed by atoms with Gasteiger partial charge >= 0.3 is 6.03 Å². The summed E-state index contributed by atoms with van der Waals surface area (Å²) in [5, 5.41) is 12.5. The van der Waals surface area contributed by atoms with Crippen LogP contribution in [0.1, 0.15) is 5.56 Å². The number of aromatic hydroxyl groups is 1. The maximum atomic E-state index is 12.3. The molecule has 0 bridgehead atoms. The zero-order valence-electron chi connectivity index (χ0n) is 13.2. The number of nitrogens with zero attached hydrogens (tertiary/aromatic N) is 2. The van der Waals surface area contributed by atoms with Crippen LogP contribution >= 0.6 is 0 Å². The lowest BCUT2D eigenvalue weighted by Crippen LogP contribution is -2.50. The lowest BCUT2D eigenvalue weighted by Gasteiger charge is -2.36. The molecule has 1 heterocycles. The Hall–Kier alpha value is -2.69. The van der Waals surface area contributed by atoms with Crippen LogP contribution in [0.3, 0.4) is 0 Å². The van der Waals surface area contributed by atoms with Crippen molar-refractivity contribution >= 4 is 17.4 Å². The van der Waals surface area contributed by atoms with Gasteiger partial charge in [-0.3, -0.25) is 0 Å². The molecule has 0 aromatic heterocycles. The van der Waals surface area contributed by atoms with Crippen LogP contribution in [0.2, 0.25) is 0 Å². The van der Waals surface area contributed by atoms with Gasteiger partial charge in [-0.25, -0.2) is 4.79 Å². The van der Waals surface area contributed by atoms with Crippen molar-refractivity contribution in [3.63, 3.8) is 0 Å². The molecule has 1 aliphatic heterocycles. The van der Waals surface area contributed by atoms with Crippen molar-refractivity contribution in [1.82, 2.24) is 4.90 Å². The second-order valence-corrected chi connectivity index (χ2v) is 5.79. The number of phenols is 1. The Morgan fingerprint density at radius 3 is 2.39 bits per heavy atom. The summed E-state index contributed by atoms with van der Waals surface area (Å²) in [4.78, 5) is 16.3. The molecule has 120 valence electrons. The first kappa shape index (κ1) is 15.2. The summed E-state index contributed by atoms with van der Waals surface area (Å²) in [7, 11) is 0. The number of phenolic OH excluding ortho intramolecular Hbond substituents is 1. The molecular formula is C18H21N3O2. The smallest absolute Gasteiger partial charge is 0.321 e. The van der Waals surface area contributed by atoms with Gasteiger partial charge in [0.2, 0.25) is 0 Å². The molecule has 2 aromatic carbocycles. The largest absolute Gasteiger partial charge is 0.508 e. The minimum absolute atomic E-state index is 0.0654. The van der Waals surface area contributed by atoms with Crippen LogP contribution in [-0.4, -0.2) is 42.2 Å². The summed E-state index contributed by atoms with van der Waals surface area (Å²) < 4.78 is 0. The summed E-state index contributed by atoms with van der Waals surface area (Å²) in [5.74, 6) is 0.266. The zero-order valence-corrected chi connectivity index (χ0v) is 13.2. The van der Waals surface area contributed by atoms with Gasteiger partial charge in [0.25, 0.3) is 0 Å². The molecule has 0 unspecified atom stereocenters. The molecular weight excluding hydrogens is 290 g/mol. The van der Waals surface area contributed by atoms with E-state index in [2.05, 4.69) is 10.2 Å². The first-order valence-corrected chi connectivity index (χ1v) is 7.78. The Morgan fingerprint density at radius 2 is 1.74 bits per heavy atom. The predicted molar refractivity (Wildman–Crippen MR) is 92.1 cm³/mol. The van der Waals surface area contributed by atoms with Crippen molar-refractivity contribution < 1.29 is 9.90 Å². The third-order valence-electron chi connectivity index (χ3n) is 4.06. The van der Waals surface area contributed by atoms with Crippen LogP contribution < -0.4 is 10.2 Å². The number of rotatable bonds is 2. The van der Waals surface area contributed by atoms with Gasteiger partial charge in [0.1, 0.15) is 5.75 Å². The summed E-state index contributed by atoms with van der Waals surface area (Å²) in [6.45, 7) is 4.85. The molecule has 5 heteroatoms. The summed E-state index contributed by atoms with van der Waals surface area (Å²) in [6.07, 6.45) is 0. The molecule has 2 aromatic rings. The Bertz CT molecular complexity index is 677. The number of carbonyl (C=O) groups excluding carboxylic acids is 1. The van der Waals surface area contributed by atoms with Gasteiger partial charge in [-0.2, -0.15) is 0 Å². The fourth-order valence-corrected chi connectivity index (χ4v) is 2.70. The first-order chi connectivity index (χ1) is 11.1. The number of urea groups is 1. The lowest BCUT2D eigenvalue weighted by molar-refractivity contribution is 0.208. The van der Waals surface area contributed by atoms with Gasteiger partial charge in [0.15, 0.2) is 0 Å². The maximum Gasteiger partial charge on any atom is 0.321 e. The Balaban J connectivity index is 1.56. The van der Waals surface area contributed by atoms with E-state index >= 15 is 0 Å². The molecule has 2 amide bonds. The summed E-state index contributed by atoms with van der Waals surface area (Å²) in [5.41, 5.74) is 2.97. The quantitative estimate of drug-likeness (QED) is 0.896. The van der Waals surface area contributed by atoms with E-state index in [1.165, 1.54) is 5.56 Å². The van der Waals surface area contributed by atoms with Crippen LogP contribution in [0.4, 0.5) is 16.2 Å². The lowest BCUT2D eigenvalue weighted by atomic mass is 10.2. The van der Waals surface area contributed by atoms with E-state index in [0.29, 0.717) is 13.1 Å². The van der Waals surface area contributed by atoms with Gasteiger partial charge in [0.05, 0.1) is 0 Å². The monoisotopic (exact) mass is 311 g/mol. The highest BCUT2D eigenvalue weighted by atomic mass is 16.3. The van der Waals surface area contributed by atoms with Crippen molar-refractivity contribution in [3.05, 3.63) is 54.1 Å². The molecule has 0 saturated carbocycles. The number of hydrogen-bond donors (Lipinski definition) is 2. The van der Waals surface area contributed by atoms with Crippen LogP contribution in [0.5, 0.6) is 5.75 Å². The molecule has 0 radical (unpaired) electrons. The highest BCUT2D eigenvalue weighted by molar-refractivity contribution is 5.89. The van der Waals surface area contributed by atoms with Gasteiger partial charge in [-0.05, 0) is 31.2 Å². The van der Waals surface area contributed by atoms with Crippen LogP contribution in [0.25, 0.3) is 0 Å². The fraction of sp³-hybridized carbons (Fsp3) is 0.278. The minimum atomic E-state index is -0.0654. The van der Waals surface area contributed by atoms with Crippen LogP contribution in [0.15, 0.2) is 48.5 Å². The Labute approximate surface area is 136 Å². The highest BCUT2D eigenvalue weighted by Gasteiger charge is 2.21. The molecule has 23 heavy (non-hydrogen) atoms. The standard InChI is InChI=1S/C18H21N3O2/c1-14-5-7-15(8-6-14)19-18(23)21-11-9-20(10-12-21)16-3-2-4-17(22)13-16/h2-8,13,22H,9-12H2,1H3,(H,19,23). The maximum absolute atomic E-state index is 12.3. The molecule has 0 spiro atoms. The summed E-state index contributed by atoms with van der Waals surface area (Å²) >= 11 is 0. The fourth-order valence-electron chi connectivity index (χ4n) is 2.70. The normalized spacial score (nSPS) is 14.7. The van der Waals surface area contributed by atoms with E-state index in [4.69, 9.17) is 0 Å². The van der Waals surface area contributed by atoms with Crippen LogP contribution in [0, 0.1) is 6.92 Å². The van der Waals surface area contributed by atoms with Crippen molar-refractivity contribution in [1.29, 1.82) is 0 Å². The van der Waals surface area contributed by atoms with E-state index in [1.54, 1.807) is 12.1 Å². The van der Waals surface area contributed by atoms with Crippen molar-refractivity contribution in [3.8, 4) is 5.75 Å². The number of benzene rings is 2. The Morgan fingerprint density at radius 1 is 1.04 bits per heavy atom. The number of nitrogens with one attached hydrogen (secondary N) is 1. The van der Waals surface area contributed by atoms with E-state index in [-0.39, 0.29) is 11.8 Å². The first-order valence-electron chi connectivity index (χ1n) is 7.78.